The number of hydrogen-bond donors (Lipinski definition) is 1. The molecule has 2 amide bonds. The maximum atomic E-state index is 13.3. The summed E-state index contributed by atoms with van der Waals surface area (Å²) in [4.78, 5) is 38.4. The fourth-order valence-corrected chi connectivity index (χ4v) is 4.59. The molecule has 0 aliphatic carbocycles. The van der Waals surface area contributed by atoms with E-state index in [4.69, 9.17) is 9.97 Å². The molecular weight excluding hydrogens is 380 g/mol. The van der Waals surface area contributed by atoms with Gasteiger partial charge in [-0.05, 0) is 25.8 Å². The van der Waals surface area contributed by atoms with Crippen molar-refractivity contribution in [2.45, 2.75) is 38.5 Å². The lowest BCUT2D eigenvalue weighted by atomic mass is 9.80. The molecule has 5 rings (SSSR count). The maximum absolute atomic E-state index is 13.3. The minimum absolute atomic E-state index is 0.0376. The number of aryl methyl sites for hydroxylation is 1. The zero-order valence-electron chi connectivity index (χ0n) is 17.4. The molecule has 0 saturated carbocycles. The summed E-state index contributed by atoms with van der Waals surface area (Å²) in [5.74, 6) is 1.36. The number of H-pyrrole nitrogens is 1. The van der Waals surface area contributed by atoms with Gasteiger partial charge in [-0.2, -0.15) is 5.10 Å². The standard InChI is InChI=1S/C22H24N6O2/c1-13-15-11-17(29)27(3)19(15)24-21(23-13)22(2)9-6-10-28(12-22)20(30)18-14-7-4-5-8-16(14)25-26-18/h4-5,7-8H,6,9-12H2,1-3H3,(H,25,26)/t22-/m1/s1. The number of carbonyl (C=O) groups is 2. The highest BCUT2D eigenvalue weighted by Crippen LogP contribution is 2.36. The molecule has 0 spiro atoms. The van der Waals surface area contributed by atoms with Gasteiger partial charge in [0.25, 0.3) is 5.91 Å². The molecule has 2 aliphatic heterocycles. The summed E-state index contributed by atoms with van der Waals surface area (Å²) < 4.78 is 0. The molecule has 1 saturated heterocycles. The van der Waals surface area contributed by atoms with Gasteiger partial charge in [0.2, 0.25) is 5.91 Å². The number of piperidine rings is 1. The summed E-state index contributed by atoms with van der Waals surface area (Å²) in [5.41, 5.74) is 2.67. The van der Waals surface area contributed by atoms with Crippen molar-refractivity contribution >= 4 is 28.5 Å². The largest absolute Gasteiger partial charge is 0.336 e. The summed E-state index contributed by atoms with van der Waals surface area (Å²) in [7, 11) is 1.76. The smallest absolute Gasteiger partial charge is 0.275 e. The lowest BCUT2D eigenvalue weighted by Crippen LogP contribution is -2.48. The van der Waals surface area contributed by atoms with Crippen LogP contribution in [0.4, 0.5) is 5.82 Å². The summed E-state index contributed by atoms with van der Waals surface area (Å²) in [6.07, 6.45) is 2.10. The van der Waals surface area contributed by atoms with Crippen LogP contribution in [0, 0.1) is 6.92 Å². The number of nitrogens with zero attached hydrogens (tertiary/aromatic N) is 5. The molecule has 4 heterocycles. The Morgan fingerprint density at radius 1 is 1.23 bits per heavy atom. The molecule has 1 aromatic carbocycles. The zero-order chi connectivity index (χ0) is 21.0. The summed E-state index contributed by atoms with van der Waals surface area (Å²) in [6.45, 7) is 5.23. The quantitative estimate of drug-likeness (QED) is 0.708. The number of anilines is 1. The van der Waals surface area contributed by atoms with E-state index >= 15 is 0 Å². The first-order chi connectivity index (χ1) is 14.4. The molecule has 0 radical (unpaired) electrons. The molecule has 0 bridgehead atoms. The number of likely N-dealkylation sites (N-methyl/N-ethyl adjacent to an activating group) is 1. The molecule has 8 nitrogen and oxygen atoms in total. The Labute approximate surface area is 174 Å². The molecule has 1 atom stereocenters. The highest BCUT2D eigenvalue weighted by atomic mass is 16.2. The first-order valence-electron chi connectivity index (χ1n) is 10.2. The van der Waals surface area contributed by atoms with Gasteiger partial charge in [0, 0.05) is 42.2 Å². The molecular formula is C22H24N6O2. The number of likely N-dealkylation sites (tertiary alicyclic amines) is 1. The summed E-state index contributed by atoms with van der Waals surface area (Å²) in [6, 6.07) is 7.66. The Balaban J connectivity index is 1.47. The number of carbonyl (C=O) groups excluding carboxylic acids is 2. The van der Waals surface area contributed by atoms with E-state index in [1.54, 1.807) is 11.9 Å². The van der Waals surface area contributed by atoms with E-state index in [-0.39, 0.29) is 17.2 Å². The third kappa shape index (κ3) is 2.78. The van der Waals surface area contributed by atoms with Crippen LogP contribution < -0.4 is 4.90 Å². The average molecular weight is 404 g/mol. The van der Waals surface area contributed by atoms with E-state index in [1.807, 2.05) is 36.1 Å². The van der Waals surface area contributed by atoms with Gasteiger partial charge in [-0.15, -0.1) is 0 Å². The van der Waals surface area contributed by atoms with Crippen LogP contribution in [-0.2, 0) is 16.6 Å². The lowest BCUT2D eigenvalue weighted by molar-refractivity contribution is -0.117. The van der Waals surface area contributed by atoms with E-state index < -0.39 is 0 Å². The van der Waals surface area contributed by atoms with Gasteiger partial charge in [0.1, 0.15) is 11.6 Å². The third-order valence-electron chi connectivity index (χ3n) is 6.41. The van der Waals surface area contributed by atoms with Crippen molar-refractivity contribution in [3.8, 4) is 0 Å². The van der Waals surface area contributed by atoms with Gasteiger partial charge >= 0.3 is 0 Å². The van der Waals surface area contributed by atoms with Crippen molar-refractivity contribution in [1.29, 1.82) is 0 Å². The molecule has 8 heteroatoms. The highest BCUT2D eigenvalue weighted by Gasteiger charge is 2.40. The van der Waals surface area contributed by atoms with Gasteiger partial charge in [-0.25, -0.2) is 9.97 Å². The van der Waals surface area contributed by atoms with E-state index in [2.05, 4.69) is 17.1 Å². The number of aromatic nitrogens is 4. The molecule has 30 heavy (non-hydrogen) atoms. The monoisotopic (exact) mass is 404 g/mol. The molecule has 1 fully saturated rings. The average Bonchev–Trinajstić information content (AvgIpc) is 3.29. The Bertz CT molecular complexity index is 1190. The van der Waals surface area contributed by atoms with Crippen molar-refractivity contribution in [3.05, 3.63) is 47.0 Å². The number of para-hydroxylation sites is 1. The van der Waals surface area contributed by atoms with Gasteiger partial charge in [0.05, 0.1) is 11.9 Å². The molecule has 1 N–H and O–H groups in total. The number of hydrogen-bond acceptors (Lipinski definition) is 5. The van der Waals surface area contributed by atoms with Crippen LogP contribution in [0.25, 0.3) is 10.9 Å². The first kappa shape index (κ1) is 18.7. The van der Waals surface area contributed by atoms with Gasteiger partial charge in [-0.1, -0.05) is 25.1 Å². The van der Waals surface area contributed by atoms with Crippen molar-refractivity contribution in [2.24, 2.45) is 0 Å². The molecule has 2 aromatic heterocycles. The molecule has 0 unspecified atom stereocenters. The highest BCUT2D eigenvalue weighted by molar-refractivity contribution is 6.04. The Hall–Kier alpha value is -3.29. The number of benzene rings is 1. The minimum Gasteiger partial charge on any atom is -0.336 e. The van der Waals surface area contributed by atoms with E-state index in [0.717, 1.165) is 35.0 Å². The van der Waals surface area contributed by atoms with Crippen molar-refractivity contribution in [1.82, 2.24) is 25.1 Å². The Kier molecular flexibility index (Phi) is 4.13. The Morgan fingerprint density at radius 3 is 2.87 bits per heavy atom. The second-order valence-electron chi connectivity index (χ2n) is 8.57. The van der Waals surface area contributed by atoms with Crippen LogP contribution in [0.3, 0.4) is 0 Å². The summed E-state index contributed by atoms with van der Waals surface area (Å²) in [5, 5.41) is 8.06. The van der Waals surface area contributed by atoms with E-state index in [1.165, 1.54) is 0 Å². The lowest BCUT2D eigenvalue weighted by Gasteiger charge is -2.39. The molecule has 3 aromatic rings. The fourth-order valence-electron chi connectivity index (χ4n) is 4.59. The normalized spacial score (nSPS) is 21.4. The van der Waals surface area contributed by atoms with E-state index in [9.17, 15) is 9.59 Å². The number of nitrogens with one attached hydrogen (secondary N) is 1. The second-order valence-corrected chi connectivity index (χ2v) is 8.57. The molecule has 154 valence electrons. The van der Waals surface area contributed by atoms with Crippen LogP contribution in [0.15, 0.2) is 24.3 Å². The second kappa shape index (κ2) is 6.62. The van der Waals surface area contributed by atoms with Crippen LogP contribution in [0.2, 0.25) is 0 Å². The van der Waals surface area contributed by atoms with Crippen LogP contribution in [0.5, 0.6) is 0 Å². The van der Waals surface area contributed by atoms with Crippen molar-refractivity contribution < 1.29 is 9.59 Å². The number of amides is 2. The maximum Gasteiger partial charge on any atom is 0.275 e. The number of rotatable bonds is 2. The third-order valence-corrected chi connectivity index (χ3v) is 6.41. The predicted octanol–water partition coefficient (Wildman–Crippen LogP) is 2.37. The molecule has 2 aliphatic rings. The SMILES string of the molecule is Cc1nc([C@]2(C)CCCN(C(=O)c3n[nH]c4ccccc34)C2)nc2c1CC(=O)N2C. The number of fused-ring (bicyclic) bond motifs is 2. The minimum atomic E-state index is -0.383. The fraction of sp³-hybridized carbons (Fsp3) is 0.409. The Morgan fingerprint density at radius 2 is 2.03 bits per heavy atom. The topological polar surface area (TPSA) is 95.1 Å². The van der Waals surface area contributed by atoms with Crippen LogP contribution in [0.1, 0.15) is 47.3 Å². The van der Waals surface area contributed by atoms with Crippen LogP contribution in [-0.4, -0.2) is 57.0 Å². The first-order valence-corrected chi connectivity index (χ1v) is 10.2. The zero-order valence-corrected chi connectivity index (χ0v) is 17.4. The van der Waals surface area contributed by atoms with Gasteiger partial charge < -0.3 is 4.90 Å². The van der Waals surface area contributed by atoms with Gasteiger partial charge in [-0.3, -0.25) is 19.6 Å². The number of aromatic amines is 1. The predicted molar refractivity (Wildman–Crippen MR) is 112 cm³/mol. The summed E-state index contributed by atoms with van der Waals surface area (Å²) >= 11 is 0. The van der Waals surface area contributed by atoms with Crippen molar-refractivity contribution in [3.63, 3.8) is 0 Å². The van der Waals surface area contributed by atoms with Crippen molar-refractivity contribution in [2.75, 3.05) is 25.0 Å². The van der Waals surface area contributed by atoms with Gasteiger partial charge in [0.15, 0.2) is 5.69 Å². The van der Waals surface area contributed by atoms with E-state index in [0.29, 0.717) is 36.8 Å². The van der Waals surface area contributed by atoms with Crippen LogP contribution >= 0.6 is 0 Å².